The number of nitrogens with one attached hydrogen (secondary N) is 1. The van der Waals surface area contributed by atoms with Crippen molar-refractivity contribution in [2.24, 2.45) is 0 Å². The van der Waals surface area contributed by atoms with Crippen molar-refractivity contribution in [2.75, 3.05) is 18.4 Å². The number of nitrogens with zero attached hydrogens (tertiary/aromatic N) is 4. The molecule has 0 aromatic carbocycles. The summed E-state index contributed by atoms with van der Waals surface area (Å²) in [5.74, 6) is 1.08. The van der Waals surface area contributed by atoms with Crippen LogP contribution < -0.4 is 5.32 Å². The lowest BCUT2D eigenvalue weighted by molar-refractivity contribution is 0.0719. The smallest absolute Gasteiger partial charge is 0.263 e. The fourth-order valence-electron chi connectivity index (χ4n) is 3.50. The minimum absolute atomic E-state index is 0.133. The summed E-state index contributed by atoms with van der Waals surface area (Å²) in [6.07, 6.45) is 2.04. The molecule has 4 rings (SSSR count). The first-order valence-electron chi connectivity index (χ1n) is 8.96. The van der Waals surface area contributed by atoms with Crippen LogP contribution in [0.2, 0.25) is 0 Å². The Morgan fingerprint density at radius 3 is 2.96 bits per heavy atom. The molecule has 0 radical (unpaired) electrons. The number of anilines is 1. The number of carbonyl (C=O) groups excluding carboxylic acids is 1. The van der Waals surface area contributed by atoms with E-state index in [1.807, 2.05) is 46.8 Å². The molecular formula is C19H23N5OS. The van der Waals surface area contributed by atoms with Crippen molar-refractivity contribution in [3.63, 3.8) is 0 Å². The Kier molecular flexibility index (Phi) is 4.40. The summed E-state index contributed by atoms with van der Waals surface area (Å²) >= 11 is 1.50. The second kappa shape index (κ2) is 6.72. The third-order valence-corrected chi connectivity index (χ3v) is 5.84. The van der Waals surface area contributed by atoms with Gasteiger partial charge < -0.3 is 10.2 Å². The van der Waals surface area contributed by atoms with Crippen LogP contribution in [0.15, 0.2) is 23.6 Å². The van der Waals surface area contributed by atoms with Gasteiger partial charge in [0.25, 0.3) is 5.91 Å². The highest BCUT2D eigenvalue weighted by Crippen LogP contribution is 2.22. The first-order valence-corrected chi connectivity index (χ1v) is 9.84. The highest BCUT2D eigenvalue weighted by Gasteiger charge is 2.25. The molecule has 0 aliphatic carbocycles. The number of amides is 1. The van der Waals surface area contributed by atoms with E-state index in [-0.39, 0.29) is 11.9 Å². The van der Waals surface area contributed by atoms with Crippen LogP contribution in [0.1, 0.15) is 39.5 Å². The molecular weight excluding hydrogens is 346 g/mol. The fraction of sp³-hybridized carbons (Fsp3) is 0.421. The quantitative estimate of drug-likeness (QED) is 0.768. The van der Waals surface area contributed by atoms with Crippen molar-refractivity contribution >= 4 is 28.7 Å². The molecule has 1 amide bonds. The summed E-state index contributed by atoms with van der Waals surface area (Å²) < 4.78 is 1.89. The zero-order valence-electron chi connectivity index (χ0n) is 15.3. The molecule has 1 unspecified atom stereocenters. The Hall–Kier alpha value is -2.41. The van der Waals surface area contributed by atoms with Crippen LogP contribution in [-0.2, 0) is 0 Å². The number of rotatable bonds is 3. The highest BCUT2D eigenvalue weighted by atomic mass is 32.1. The van der Waals surface area contributed by atoms with Crippen LogP contribution in [0.3, 0.4) is 0 Å². The normalized spacial score (nSPS) is 17.7. The van der Waals surface area contributed by atoms with Crippen LogP contribution in [0.5, 0.6) is 0 Å². The minimum Gasteiger partial charge on any atom is -0.365 e. The number of piperidine rings is 1. The third-order valence-electron chi connectivity index (χ3n) is 4.98. The average molecular weight is 369 g/mol. The van der Waals surface area contributed by atoms with Gasteiger partial charge in [-0.3, -0.25) is 4.79 Å². The van der Waals surface area contributed by atoms with E-state index < -0.39 is 0 Å². The van der Waals surface area contributed by atoms with Gasteiger partial charge in [-0.15, -0.1) is 11.3 Å². The van der Waals surface area contributed by atoms with Gasteiger partial charge in [-0.2, -0.15) is 9.61 Å². The molecule has 3 aromatic heterocycles. The maximum atomic E-state index is 12.7. The first-order chi connectivity index (χ1) is 12.5. The molecule has 136 valence electrons. The zero-order valence-corrected chi connectivity index (χ0v) is 16.1. The van der Waals surface area contributed by atoms with Crippen molar-refractivity contribution in [3.8, 4) is 0 Å². The minimum atomic E-state index is 0.133. The van der Waals surface area contributed by atoms with Gasteiger partial charge in [-0.1, -0.05) is 6.07 Å². The lowest BCUT2D eigenvalue weighted by atomic mass is 10.1. The van der Waals surface area contributed by atoms with Gasteiger partial charge in [0.15, 0.2) is 5.65 Å². The predicted molar refractivity (Wildman–Crippen MR) is 104 cm³/mol. The number of thiophene rings is 1. The Morgan fingerprint density at radius 1 is 1.35 bits per heavy atom. The average Bonchev–Trinajstić information content (AvgIpc) is 3.25. The van der Waals surface area contributed by atoms with Crippen LogP contribution in [0, 0.1) is 20.8 Å². The summed E-state index contributed by atoms with van der Waals surface area (Å²) in [4.78, 5) is 20.0. The second-order valence-electron chi connectivity index (χ2n) is 6.94. The number of aryl methyl sites for hydroxylation is 3. The van der Waals surface area contributed by atoms with Gasteiger partial charge in [0.2, 0.25) is 0 Å². The van der Waals surface area contributed by atoms with Crippen LogP contribution in [0.4, 0.5) is 5.82 Å². The molecule has 6 nitrogen and oxygen atoms in total. The fourth-order valence-corrected chi connectivity index (χ4v) is 4.19. The topological polar surface area (TPSA) is 62.5 Å². The SMILES string of the molecule is Cc1cc(NC2CCCN(C(=O)c3cccs3)C2)n2nc(C)c(C)c2n1. The number of hydrogen-bond donors (Lipinski definition) is 1. The maximum absolute atomic E-state index is 12.7. The van der Waals surface area contributed by atoms with Crippen molar-refractivity contribution in [3.05, 3.63) is 45.4 Å². The second-order valence-corrected chi connectivity index (χ2v) is 7.89. The Bertz CT molecular complexity index is 947. The van der Waals surface area contributed by atoms with Gasteiger partial charge in [0.05, 0.1) is 10.6 Å². The zero-order chi connectivity index (χ0) is 18.3. The van der Waals surface area contributed by atoms with Crippen molar-refractivity contribution in [1.82, 2.24) is 19.5 Å². The van der Waals surface area contributed by atoms with E-state index in [9.17, 15) is 4.79 Å². The van der Waals surface area contributed by atoms with E-state index in [1.54, 1.807) is 0 Å². The van der Waals surface area contributed by atoms with Crippen molar-refractivity contribution in [1.29, 1.82) is 0 Å². The summed E-state index contributed by atoms with van der Waals surface area (Å²) in [6, 6.07) is 6.06. The number of carbonyl (C=O) groups is 1. The van der Waals surface area contributed by atoms with Crippen molar-refractivity contribution in [2.45, 2.75) is 39.7 Å². The van der Waals surface area contributed by atoms with E-state index >= 15 is 0 Å². The lowest BCUT2D eigenvalue weighted by Crippen LogP contribution is -2.45. The summed E-state index contributed by atoms with van der Waals surface area (Å²) in [5, 5.41) is 10.2. The van der Waals surface area contributed by atoms with Gasteiger partial charge in [-0.25, -0.2) is 4.98 Å². The molecule has 3 aromatic rings. The van der Waals surface area contributed by atoms with Crippen molar-refractivity contribution < 1.29 is 4.79 Å². The molecule has 1 aliphatic heterocycles. The molecule has 0 bridgehead atoms. The predicted octanol–water partition coefficient (Wildman–Crippen LogP) is 3.43. The van der Waals surface area contributed by atoms with E-state index in [1.165, 1.54) is 11.3 Å². The molecule has 0 saturated carbocycles. The molecule has 1 saturated heterocycles. The van der Waals surface area contributed by atoms with E-state index in [0.29, 0.717) is 6.54 Å². The molecule has 4 heterocycles. The molecule has 1 fully saturated rings. The largest absolute Gasteiger partial charge is 0.365 e. The van der Waals surface area contributed by atoms with Crippen LogP contribution in [-0.4, -0.2) is 44.5 Å². The molecule has 1 N–H and O–H groups in total. The summed E-state index contributed by atoms with van der Waals surface area (Å²) in [7, 11) is 0. The Labute approximate surface area is 156 Å². The molecule has 26 heavy (non-hydrogen) atoms. The first kappa shape index (κ1) is 17.0. The molecule has 1 atom stereocenters. The summed E-state index contributed by atoms with van der Waals surface area (Å²) in [6.45, 7) is 7.58. The van der Waals surface area contributed by atoms with E-state index in [0.717, 1.165) is 52.7 Å². The van der Waals surface area contributed by atoms with E-state index in [2.05, 4.69) is 22.3 Å². The van der Waals surface area contributed by atoms with Gasteiger partial charge in [-0.05, 0) is 45.1 Å². The van der Waals surface area contributed by atoms with Crippen LogP contribution in [0.25, 0.3) is 5.65 Å². The molecule has 0 spiro atoms. The molecule has 1 aliphatic rings. The van der Waals surface area contributed by atoms with E-state index in [4.69, 9.17) is 0 Å². The summed E-state index contributed by atoms with van der Waals surface area (Å²) in [5.41, 5.74) is 3.96. The van der Waals surface area contributed by atoms with Gasteiger partial charge in [0, 0.05) is 36.5 Å². The lowest BCUT2D eigenvalue weighted by Gasteiger charge is -2.33. The highest BCUT2D eigenvalue weighted by molar-refractivity contribution is 7.12. The number of fused-ring (bicyclic) bond motifs is 1. The number of aromatic nitrogens is 3. The standard InChI is InChI=1S/C19H23N5OS/c1-12-10-17(24-18(20-12)13(2)14(3)22-24)21-15-6-4-8-23(11-15)19(25)16-7-5-9-26-16/h5,7,9-10,15,21H,4,6,8,11H2,1-3H3. The monoisotopic (exact) mass is 369 g/mol. The van der Waals surface area contributed by atoms with Gasteiger partial charge >= 0.3 is 0 Å². The Morgan fingerprint density at radius 2 is 2.19 bits per heavy atom. The third kappa shape index (κ3) is 3.07. The number of likely N-dealkylation sites (tertiary alicyclic amines) is 1. The number of hydrogen-bond acceptors (Lipinski definition) is 5. The van der Waals surface area contributed by atoms with Crippen LogP contribution >= 0.6 is 11.3 Å². The maximum Gasteiger partial charge on any atom is 0.263 e. The molecule has 7 heteroatoms. The van der Waals surface area contributed by atoms with Gasteiger partial charge in [0.1, 0.15) is 5.82 Å². The Balaban J connectivity index is 1.56.